The first kappa shape index (κ1) is 11.2. The van der Waals surface area contributed by atoms with Crippen LogP contribution in [0.15, 0.2) is 36.8 Å². The first-order chi connectivity index (χ1) is 7.68. The second-order valence-electron chi connectivity index (χ2n) is 3.83. The van der Waals surface area contributed by atoms with Crippen LogP contribution in [0.4, 0.5) is 0 Å². The summed E-state index contributed by atoms with van der Waals surface area (Å²) in [5.74, 6) is 0. The largest absolute Gasteiger partial charge is 0.329 e. The lowest BCUT2D eigenvalue weighted by Gasteiger charge is -2.11. The van der Waals surface area contributed by atoms with Crippen molar-refractivity contribution in [2.75, 3.05) is 0 Å². The summed E-state index contributed by atoms with van der Waals surface area (Å²) in [6, 6.07) is 7.77. The Balaban J connectivity index is 2.27. The second kappa shape index (κ2) is 4.68. The van der Waals surface area contributed by atoms with Gasteiger partial charge in [0.1, 0.15) is 0 Å². The van der Waals surface area contributed by atoms with Crippen molar-refractivity contribution in [2.45, 2.75) is 19.5 Å². The molecule has 0 bridgehead atoms. The average molecular weight is 236 g/mol. The number of rotatable bonds is 3. The fraction of sp³-hybridized carbons (Fsp3) is 0.250. The molecule has 1 aromatic carbocycles. The van der Waals surface area contributed by atoms with Gasteiger partial charge in [0, 0.05) is 17.3 Å². The zero-order chi connectivity index (χ0) is 11.5. The van der Waals surface area contributed by atoms with Crippen LogP contribution in [-0.2, 0) is 6.54 Å². The highest BCUT2D eigenvalue weighted by Gasteiger charge is 2.08. The fourth-order valence-electron chi connectivity index (χ4n) is 1.65. The average Bonchev–Trinajstić information content (AvgIpc) is 2.69. The van der Waals surface area contributed by atoms with Crippen LogP contribution in [0.2, 0.25) is 5.02 Å². The van der Waals surface area contributed by atoms with Gasteiger partial charge in [-0.25, -0.2) is 4.98 Å². The monoisotopic (exact) mass is 235 g/mol. The van der Waals surface area contributed by atoms with Crippen molar-refractivity contribution in [1.29, 1.82) is 0 Å². The predicted octanol–water partition coefficient (Wildman–Crippen LogP) is 2.60. The second-order valence-corrected chi connectivity index (χ2v) is 4.23. The molecule has 1 heterocycles. The van der Waals surface area contributed by atoms with E-state index in [9.17, 15) is 0 Å². The van der Waals surface area contributed by atoms with Crippen LogP contribution in [0.1, 0.15) is 24.2 Å². The molecule has 0 fully saturated rings. The first-order valence-electron chi connectivity index (χ1n) is 5.17. The summed E-state index contributed by atoms with van der Waals surface area (Å²) in [5, 5.41) is 0.770. The molecule has 0 radical (unpaired) electrons. The van der Waals surface area contributed by atoms with Gasteiger partial charge in [0.25, 0.3) is 0 Å². The lowest BCUT2D eigenvalue weighted by Crippen LogP contribution is -2.12. The van der Waals surface area contributed by atoms with Crippen LogP contribution in [0.25, 0.3) is 0 Å². The highest BCUT2D eigenvalue weighted by atomic mass is 35.5. The SMILES string of the molecule is C[C@H](N)c1cncn1Cc1ccccc1Cl. The van der Waals surface area contributed by atoms with Crippen LogP contribution >= 0.6 is 11.6 Å². The highest BCUT2D eigenvalue weighted by molar-refractivity contribution is 6.31. The zero-order valence-corrected chi connectivity index (χ0v) is 9.85. The smallest absolute Gasteiger partial charge is 0.0951 e. The molecule has 4 heteroatoms. The van der Waals surface area contributed by atoms with Gasteiger partial charge in [0.2, 0.25) is 0 Å². The summed E-state index contributed by atoms with van der Waals surface area (Å²) in [6.07, 6.45) is 3.57. The predicted molar refractivity (Wildman–Crippen MR) is 65.4 cm³/mol. The van der Waals surface area contributed by atoms with Crippen molar-refractivity contribution in [3.63, 3.8) is 0 Å². The Bertz CT molecular complexity index is 477. The van der Waals surface area contributed by atoms with E-state index in [1.165, 1.54) is 0 Å². The standard InChI is InChI=1S/C12H14ClN3/c1-9(14)12-6-15-8-16(12)7-10-4-2-3-5-11(10)13/h2-6,8-9H,7,14H2,1H3/t9-/m0/s1. The molecular formula is C12H14ClN3. The maximum Gasteiger partial charge on any atom is 0.0951 e. The third kappa shape index (κ3) is 2.26. The minimum absolute atomic E-state index is 0.0232. The van der Waals surface area contributed by atoms with Crippen LogP contribution in [0, 0.1) is 0 Å². The molecule has 84 valence electrons. The third-order valence-electron chi connectivity index (χ3n) is 2.51. The molecule has 16 heavy (non-hydrogen) atoms. The molecule has 2 rings (SSSR count). The molecular weight excluding hydrogens is 222 g/mol. The Morgan fingerprint density at radius 1 is 1.44 bits per heavy atom. The molecule has 2 N–H and O–H groups in total. The molecule has 0 aliphatic carbocycles. The Morgan fingerprint density at radius 3 is 2.88 bits per heavy atom. The molecule has 2 aromatic rings. The summed E-state index contributed by atoms with van der Waals surface area (Å²) >= 11 is 6.11. The molecule has 0 spiro atoms. The van der Waals surface area contributed by atoms with Gasteiger partial charge in [0.05, 0.1) is 18.6 Å². The van der Waals surface area contributed by atoms with Crippen LogP contribution in [-0.4, -0.2) is 9.55 Å². The number of nitrogens with zero attached hydrogens (tertiary/aromatic N) is 2. The Kier molecular flexibility index (Phi) is 3.27. The van der Waals surface area contributed by atoms with E-state index in [2.05, 4.69) is 4.98 Å². The Labute approximate surface area is 99.9 Å². The van der Waals surface area contributed by atoms with Gasteiger partial charge < -0.3 is 10.3 Å². The van der Waals surface area contributed by atoms with Gasteiger partial charge in [-0.2, -0.15) is 0 Å². The van der Waals surface area contributed by atoms with Crippen molar-refractivity contribution < 1.29 is 0 Å². The van der Waals surface area contributed by atoms with Crippen LogP contribution in [0.3, 0.4) is 0 Å². The number of imidazole rings is 1. The van der Waals surface area contributed by atoms with E-state index in [4.69, 9.17) is 17.3 Å². The quantitative estimate of drug-likeness (QED) is 0.889. The molecule has 3 nitrogen and oxygen atoms in total. The van der Waals surface area contributed by atoms with E-state index < -0.39 is 0 Å². The van der Waals surface area contributed by atoms with Crippen LogP contribution in [0.5, 0.6) is 0 Å². The van der Waals surface area contributed by atoms with Crippen molar-refractivity contribution in [1.82, 2.24) is 9.55 Å². The lowest BCUT2D eigenvalue weighted by atomic mass is 10.2. The zero-order valence-electron chi connectivity index (χ0n) is 9.10. The van der Waals surface area contributed by atoms with Crippen LogP contribution < -0.4 is 5.73 Å². The third-order valence-corrected chi connectivity index (χ3v) is 2.88. The van der Waals surface area contributed by atoms with Gasteiger partial charge in [-0.1, -0.05) is 29.8 Å². The first-order valence-corrected chi connectivity index (χ1v) is 5.55. The molecule has 0 saturated heterocycles. The number of hydrogen-bond acceptors (Lipinski definition) is 2. The Morgan fingerprint density at radius 2 is 2.19 bits per heavy atom. The van der Waals surface area contributed by atoms with E-state index >= 15 is 0 Å². The topological polar surface area (TPSA) is 43.8 Å². The summed E-state index contributed by atoms with van der Waals surface area (Å²) < 4.78 is 2.02. The van der Waals surface area contributed by atoms with Crippen molar-refractivity contribution in [3.8, 4) is 0 Å². The van der Waals surface area contributed by atoms with Gasteiger partial charge in [-0.3, -0.25) is 0 Å². The normalized spacial score (nSPS) is 12.7. The van der Waals surface area contributed by atoms with Crippen molar-refractivity contribution >= 4 is 11.6 Å². The molecule has 0 aliphatic rings. The van der Waals surface area contributed by atoms with E-state index in [1.807, 2.05) is 35.8 Å². The van der Waals surface area contributed by atoms with Gasteiger partial charge in [-0.05, 0) is 18.6 Å². The van der Waals surface area contributed by atoms with Crippen molar-refractivity contribution in [2.24, 2.45) is 5.73 Å². The molecule has 1 atom stereocenters. The lowest BCUT2D eigenvalue weighted by molar-refractivity contribution is 0.674. The molecule has 0 amide bonds. The summed E-state index contributed by atoms with van der Waals surface area (Å²) in [6.45, 7) is 2.65. The summed E-state index contributed by atoms with van der Waals surface area (Å²) in [5.41, 5.74) is 7.94. The van der Waals surface area contributed by atoms with Gasteiger partial charge >= 0.3 is 0 Å². The summed E-state index contributed by atoms with van der Waals surface area (Å²) in [7, 11) is 0. The van der Waals surface area contributed by atoms with Gasteiger partial charge in [-0.15, -0.1) is 0 Å². The molecule has 0 unspecified atom stereocenters. The van der Waals surface area contributed by atoms with Gasteiger partial charge in [0.15, 0.2) is 0 Å². The maximum absolute atomic E-state index is 6.11. The van der Waals surface area contributed by atoms with E-state index in [-0.39, 0.29) is 6.04 Å². The highest BCUT2D eigenvalue weighted by Crippen LogP contribution is 2.18. The minimum atomic E-state index is -0.0232. The molecule has 1 aromatic heterocycles. The number of nitrogens with two attached hydrogens (primary N) is 1. The number of benzene rings is 1. The Hall–Kier alpha value is -1.32. The van der Waals surface area contributed by atoms with E-state index in [0.717, 1.165) is 16.3 Å². The maximum atomic E-state index is 6.11. The molecule has 0 aliphatic heterocycles. The van der Waals surface area contributed by atoms with E-state index in [1.54, 1.807) is 12.5 Å². The fourth-order valence-corrected chi connectivity index (χ4v) is 1.85. The van der Waals surface area contributed by atoms with E-state index in [0.29, 0.717) is 6.54 Å². The summed E-state index contributed by atoms with van der Waals surface area (Å²) in [4.78, 5) is 4.11. The molecule has 0 saturated carbocycles. The number of halogens is 1. The minimum Gasteiger partial charge on any atom is -0.329 e. The van der Waals surface area contributed by atoms with Crippen molar-refractivity contribution in [3.05, 3.63) is 53.1 Å². The number of aromatic nitrogens is 2. The number of hydrogen-bond donors (Lipinski definition) is 1.